The lowest BCUT2D eigenvalue weighted by atomic mass is 10.0. The van der Waals surface area contributed by atoms with Crippen LogP contribution in [0, 0.1) is 0 Å². The fourth-order valence-corrected chi connectivity index (χ4v) is 4.65. The summed E-state index contributed by atoms with van der Waals surface area (Å²) in [5.41, 5.74) is 2.35. The quantitative estimate of drug-likeness (QED) is 0.648. The zero-order valence-corrected chi connectivity index (χ0v) is 17.1. The topological polar surface area (TPSA) is 76.9 Å². The van der Waals surface area contributed by atoms with Gasteiger partial charge in [0, 0.05) is 21.4 Å². The van der Waals surface area contributed by atoms with Crippen molar-refractivity contribution in [3.8, 4) is 11.3 Å². The number of aromatic nitrogens is 3. The Morgan fingerprint density at radius 3 is 2.71 bits per heavy atom. The van der Waals surface area contributed by atoms with Gasteiger partial charge in [-0.25, -0.2) is 9.67 Å². The van der Waals surface area contributed by atoms with Crippen LogP contribution in [0.5, 0.6) is 0 Å². The Bertz CT molecular complexity index is 1030. The predicted molar refractivity (Wildman–Crippen MR) is 113 cm³/mol. The average molecular weight is 413 g/mol. The van der Waals surface area contributed by atoms with Gasteiger partial charge in [-0.3, -0.25) is 9.59 Å². The lowest BCUT2D eigenvalue weighted by molar-refractivity contribution is -0.117. The fraction of sp³-hybridized carbons (Fsp3) is 0.300. The van der Waals surface area contributed by atoms with Crippen LogP contribution in [0.25, 0.3) is 11.3 Å². The van der Waals surface area contributed by atoms with Crippen LogP contribution >= 0.6 is 23.1 Å². The number of anilines is 1. The van der Waals surface area contributed by atoms with Gasteiger partial charge >= 0.3 is 0 Å². The number of hydrogen-bond acceptors (Lipinski definition) is 6. The fourth-order valence-electron chi connectivity index (χ4n) is 3.18. The van der Waals surface area contributed by atoms with Gasteiger partial charge in [-0.2, -0.15) is 5.10 Å². The third-order valence-electron chi connectivity index (χ3n) is 4.64. The monoisotopic (exact) mass is 412 g/mol. The first kappa shape index (κ1) is 18.9. The maximum Gasteiger partial charge on any atom is 0.267 e. The number of aryl methyl sites for hydroxylation is 2. The average Bonchev–Trinajstić information content (AvgIpc) is 3.12. The molecular weight excluding hydrogens is 392 g/mol. The lowest BCUT2D eigenvalue weighted by Gasteiger charge is -2.07. The van der Waals surface area contributed by atoms with Crippen LogP contribution in [0.3, 0.4) is 0 Å². The molecule has 8 heteroatoms. The number of fused-ring (bicyclic) bond motifs is 1. The first-order chi connectivity index (χ1) is 13.6. The van der Waals surface area contributed by atoms with Crippen LogP contribution in [0.2, 0.25) is 0 Å². The summed E-state index contributed by atoms with van der Waals surface area (Å²) in [6, 6.07) is 11.1. The van der Waals surface area contributed by atoms with Crippen LogP contribution in [0.1, 0.15) is 23.4 Å². The number of rotatable bonds is 5. The summed E-state index contributed by atoms with van der Waals surface area (Å²) in [6.45, 7) is -0.139. The first-order valence-electron chi connectivity index (χ1n) is 9.13. The summed E-state index contributed by atoms with van der Waals surface area (Å²) < 4.78 is 1.20. The van der Waals surface area contributed by atoms with Gasteiger partial charge in [-0.05, 0) is 50.1 Å². The molecule has 6 nitrogen and oxygen atoms in total. The third-order valence-corrected chi connectivity index (χ3v) is 6.45. The van der Waals surface area contributed by atoms with E-state index in [2.05, 4.69) is 15.4 Å². The number of carbonyl (C=O) groups is 1. The van der Waals surface area contributed by atoms with E-state index in [1.165, 1.54) is 33.4 Å². The Labute approximate surface area is 171 Å². The normalized spacial score (nSPS) is 13.2. The van der Waals surface area contributed by atoms with Gasteiger partial charge in [0.25, 0.3) is 5.56 Å². The zero-order valence-electron chi connectivity index (χ0n) is 15.5. The van der Waals surface area contributed by atoms with Crippen LogP contribution in [0.4, 0.5) is 5.13 Å². The van der Waals surface area contributed by atoms with Crippen molar-refractivity contribution >= 4 is 34.1 Å². The van der Waals surface area contributed by atoms with E-state index in [9.17, 15) is 9.59 Å². The molecule has 2 heterocycles. The minimum Gasteiger partial charge on any atom is -0.300 e. The summed E-state index contributed by atoms with van der Waals surface area (Å²) in [7, 11) is 0. The van der Waals surface area contributed by atoms with Crippen molar-refractivity contribution in [2.75, 3.05) is 11.6 Å². The molecule has 0 bridgehead atoms. The Kier molecular flexibility index (Phi) is 5.59. The van der Waals surface area contributed by atoms with Crippen LogP contribution < -0.4 is 10.9 Å². The highest BCUT2D eigenvalue weighted by Crippen LogP contribution is 2.29. The second-order valence-electron chi connectivity index (χ2n) is 6.59. The molecule has 0 unspecified atom stereocenters. The van der Waals surface area contributed by atoms with E-state index in [0.29, 0.717) is 10.8 Å². The highest BCUT2D eigenvalue weighted by Gasteiger charge is 2.17. The molecule has 28 heavy (non-hydrogen) atoms. The van der Waals surface area contributed by atoms with Gasteiger partial charge in [0.15, 0.2) is 5.13 Å². The van der Waals surface area contributed by atoms with Crippen molar-refractivity contribution in [2.45, 2.75) is 37.1 Å². The molecule has 0 saturated carbocycles. The van der Waals surface area contributed by atoms with E-state index >= 15 is 0 Å². The van der Waals surface area contributed by atoms with E-state index < -0.39 is 0 Å². The molecular formula is C20H20N4O2S2. The number of benzene rings is 1. The number of hydrogen-bond donors (Lipinski definition) is 1. The number of thioether (sulfide) groups is 1. The number of thiazole rings is 1. The summed E-state index contributed by atoms with van der Waals surface area (Å²) in [5.74, 6) is -0.296. The van der Waals surface area contributed by atoms with E-state index in [0.717, 1.165) is 35.4 Å². The Balaban J connectivity index is 1.49. The Hall–Kier alpha value is -2.45. The standard InChI is InChI=1S/C20H20N4O2S2/c1-27-14-8-6-13(7-9-14)15-10-11-19(26)24(23-15)12-18(25)22-20-21-16-4-2-3-5-17(16)28-20/h6-11H,2-5,12H2,1H3,(H,21,22,25). The molecule has 1 aromatic carbocycles. The second-order valence-corrected chi connectivity index (χ2v) is 8.55. The first-order valence-corrected chi connectivity index (χ1v) is 11.2. The summed E-state index contributed by atoms with van der Waals surface area (Å²) >= 11 is 3.19. The van der Waals surface area contributed by atoms with Crippen molar-refractivity contribution in [2.24, 2.45) is 0 Å². The second kappa shape index (κ2) is 8.28. The van der Waals surface area contributed by atoms with Crippen molar-refractivity contribution in [1.82, 2.24) is 14.8 Å². The highest BCUT2D eigenvalue weighted by molar-refractivity contribution is 7.98. The molecule has 1 aliphatic carbocycles. The summed E-state index contributed by atoms with van der Waals surface area (Å²) in [4.78, 5) is 31.5. The molecule has 1 aliphatic rings. The van der Waals surface area contributed by atoms with Gasteiger partial charge < -0.3 is 5.32 Å². The molecule has 144 valence electrons. The predicted octanol–water partition coefficient (Wildman–Crippen LogP) is 3.61. The van der Waals surface area contributed by atoms with E-state index in [4.69, 9.17) is 0 Å². The molecule has 4 rings (SSSR count). The number of amides is 1. The summed E-state index contributed by atoms with van der Waals surface area (Å²) in [5, 5.41) is 7.78. The van der Waals surface area contributed by atoms with Crippen LogP contribution in [-0.2, 0) is 24.2 Å². The van der Waals surface area contributed by atoms with Gasteiger partial charge in [-0.15, -0.1) is 23.1 Å². The maximum absolute atomic E-state index is 12.4. The van der Waals surface area contributed by atoms with Crippen molar-refractivity contribution < 1.29 is 4.79 Å². The zero-order chi connectivity index (χ0) is 19.5. The molecule has 1 amide bonds. The maximum atomic E-state index is 12.4. The molecule has 0 aliphatic heterocycles. The van der Waals surface area contributed by atoms with E-state index in [-0.39, 0.29) is 18.0 Å². The lowest BCUT2D eigenvalue weighted by Crippen LogP contribution is -2.29. The van der Waals surface area contributed by atoms with Crippen LogP contribution in [0.15, 0.2) is 46.1 Å². The largest absolute Gasteiger partial charge is 0.300 e. The molecule has 3 aromatic rings. The van der Waals surface area contributed by atoms with Crippen molar-refractivity contribution in [3.63, 3.8) is 0 Å². The van der Waals surface area contributed by atoms with Gasteiger partial charge in [0.1, 0.15) is 6.54 Å². The highest BCUT2D eigenvalue weighted by atomic mass is 32.2. The number of nitrogens with zero attached hydrogens (tertiary/aromatic N) is 3. The van der Waals surface area contributed by atoms with Gasteiger partial charge in [0.2, 0.25) is 5.91 Å². The third kappa shape index (κ3) is 4.18. The minimum absolute atomic E-state index is 0.139. The van der Waals surface area contributed by atoms with Gasteiger partial charge in [-0.1, -0.05) is 12.1 Å². The Morgan fingerprint density at radius 1 is 1.18 bits per heavy atom. The smallest absolute Gasteiger partial charge is 0.267 e. The Morgan fingerprint density at radius 2 is 1.96 bits per heavy atom. The van der Waals surface area contributed by atoms with Crippen LogP contribution in [-0.4, -0.2) is 26.9 Å². The molecule has 0 fully saturated rings. The molecule has 0 atom stereocenters. The molecule has 0 radical (unpaired) electrons. The SMILES string of the molecule is CSc1ccc(-c2ccc(=O)n(CC(=O)Nc3nc4c(s3)CCCC4)n2)cc1. The summed E-state index contributed by atoms with van der Waals surface area (Å²) in [6.07, 6.45) is 6.34. The van der Waals surface area contributed by atoms with E-state index in [1.807, 2.05) is 30.5 Å². The van der Waals surface area contributed by atoms with Gasteiger partial charge in [0.05, 0.1) is 11.4 Å². The molecule has 0 spiro atoms. The molecule has 0 saturated heterocycles. The minimum atomic E-state index is -0.307. The number of carbonyl (C=O) groups excluding carboxylic acids is 1. The van der Waals surface area contributed by atoms with Crippen molar-refractivity contribution in [3.05, 3.63) is 57.3 Å². The molecule has 2 aromatic heterocycles. The van der Waals surface area contributed by atoms with E-state index in [1.54, 1.807) is 17.8 Å². The van der Waals surface area contributed by atoms with Crippen molar-refractivity contribution in [1.29, 1.82) is 0 Å². The number of nitrogens with one attached hydrogen (secondary N) is 1. The molecule has 1 N–H and O–H groups in total.